The Labute approximate surface area is 133 Å². The van der Waals surface area contributed by atoms with E-state index < -0.39 is 0 Å². The molecule has 0 spiro atoms. The molecule has 3 heterocycles. The minimum atomic E-state index is 0.456. The molecule has 2 saturated heterocycles. The van der Waals surface area contributed by atoms with Crippen LogP contribution in [-0.4, -0.2) is 18.8 Å². The van der Waals surface area contributed by atoms with Gasteiger partial charge in [0.2, 0.25) is 0 Å². The summed E-state index contributed by atoms with van der Waals surface area (Å²) in [6.07, 6.45) is 15.0. The third-order valence-corrected chi connectivity index (χ3v) is 4.39. The number of hydrogen-bond donors (Lipinski definition) is 1. The van der Waals surface area contributed by atoms with Crippen molar-refractivity contribution < 1.29 is 9.15 Å². The summed E-state index contributed by atoms with van der Waals surface area (Å²) >= 11 is 0. The maximum absolute atomic E-state index is 5.83. The highest BCUT2D eigenvalue weighted by Gasteiger charge is 2.34. The summed E-state index contributed by atoms with van der Waals surface area (Å²) in [5.74, 6) is 2.17. The number of nitrogens with one attached hydrogen (secondary N) is 1. The van der Waals surface area contributed by atoms with Gasteiger partial charge >= 0.3 is 0 Å². The number of rotatable bonds is 7. The van der Waals surface area contributed by atoms with E-state index in [-0.39, 0.29) is 0 Å². The number of furan rings is 1. The molecule has 0 radical (unpaired) electrons. The van der Waals surface area contributed by atoms with Crippen molar-refractivity contribution in [3.05, 3.63) is 47.6 Å². The van der Waals surface area contributed by atoms with Gasteiger partial charge < -0.3 is 14.5 Å². The van der Waals surface area contributed by atoms with Gasteiger partial charge in [0.1, 0.15) is 17.6 Å². The Balaban J connectivity index is 1.45. The Bertz CT molecular complexity index is 525. The number of ether oxygens (including phenoxy) is 1. The molecule has 2 fully saturated rings. The van der Waals surface area contributed by atoms with Gasteiger partial charge in [-0.3, -0.25) is 0 Å². The predicted octanol–water partition coefficient (Wildman–Crippen LogP) is 4.15. The van der Waals surface area contributed by atoms with Gasteiger partial charge in [0, 0.05) is 18.5 Å². The first-order chi connectivity index (χ1) is 10.8. The lowest BCUT2D eigenvalue weighted by Gasteiger charge is -2.25. The monoisotopic (exact) mass is 301 g/mol. The van der Waals surface area contributed by atoms with Gasteiger partial charge in [-0.25, -0.2) is 0 Å². The predicted molar refractivity (Wildman–Crippen MR) is 88.8 cm³/mol. The zero-order chi connectivity index (χ0) is 15.2. The molecule has 3 rings (SSSR count). The second kappa shape index (κ2) is 7.68. The molecule has 1 aromatic heterocycles. The number of hydrogen-bond acceptors (Lipinski definition) is 3. The van der Waals surface area contributed by atoms with Crippen molar-refractivity contribution in [2.75, 3.05) is 6.61 Å². The average molecular weight is 301 g/mol. The maximum Gasteiger partial charge on any atom is 0.107 e. The Kier molecular flexibility index (Phi) is 5.38. The third-order valence-electron chi connectivity index (χ3n) is 4.39. The van der Waals surface area contributed by atoms with Crippen molar-refractivity contribution >= 4 is 0 Å². The van der Waals surface area contributed by atoms with Crippen molar-refractivity contribution in [2.45, 2.75) is 64.0 Å². The summed E-state index contributed by atoms with van der Waals surface area (Å²) in [4.78, 5) is 0. The zero-order valence-electron chi connectivity index (χ0n) is 13.5. The molecular weight excluding hydrogens is 274 g/mol. The van der Waals surface area contributed by atoms with Gasteiger partial charge in [-0.05, 0) is 43.9 Å². The number of piperidine rings is 1. The number of allylic oxidation sites excluding steroid dienone is 4. The quantitative estimate of drug-likeness (QED) is 0.769. The highest BCUT2D eigenvalue weighted by molar-refractivity contribution is 5.17. The van der Waals surface area contributed by atoms with Gasteiger partial charge in [0.15, 0.2) is 0 Å². The van der Waals surface area contributed by atoms with Crippen LogP contribution in [-0.2, 0) is 17.6 Å². The van der Waals surface area contributed by atoms with E-state index in [1.165, 1.54) is 31.4 Å². The van der Waals surface area contributed by atoms with Crippen molar-refractivity contribution in [3.63, 3.8) is 0 Å². The lowest BCUT2D eigenvalue weighted by atomic mass is 10.00. The molecule has 2 aliphatic heterocycles. The molecule has 120 valence electrons. The fourth-order valence-electron chi connectivity index (χ4n) is 2.98. The fourth-order valence-corrected chi connectivity index (χ4v) is 2.98. The van der Waals surface area contributed by atoms with Gasteiger partial charge in [-0.2, -0.15) is 0 Å². The van der Waals surface area contributed by atoms with E-state index in [0.29, 0.717) is 12.1 Å². The number of aryl methyl sites for hydroxylation is 1. The van der Waals surface area contributed by atoms with Crippen LogP contribution in [0.4, 0.5) is 0 Å². The summed E-state index contributed by atoms with van der Waals surface area (Å²) in [5, 5.41) is 3.60. The number of unbranched alkanes of at least 4 members (excludes halogenated alkanes) is 1. The summed E-state index contributed by atoms with van der Waals surface area (Å²) in [5.41, 5.74) is 1.34. The van der Waals surface area contributed by atoms with Gasteiger partial charge in [0.05, 0.1) is 12.6 Å². The Hall–Kier alpha value is -1.48. The Morgan fingerprint density at radius 2 is 2.18 bits per heavy atom. The maximum atomic E-state index is 5.83. The van der Waals surface area contributed by atoms with Crippen LogP contribution in [0.5, 0.6) is 0 Å². The van der Waals surface area contributed by atoms with Crippen molar-refractivity contribution in [3.8, 4) is 0 Å². The molecule has 0 aliphatic carbocycles. The SMILES string of the molecule is CCCCc1ccc(C/C=C/C=C2\CCCC(C3CO3)N2)o1. The standard InChI is InChI=1S/C19H27NO2/c1-2-3-9-16-12-13-17(22-16)10-5-4-7-15-8-6-11-18(20-15)19-14-21-19/h4-5,7,12-13,18-20H,2-3,6,8-11,14H2,1H3/b5-4+,15-7+. The van der Waals surface area contributed by atoms with E-state index in [9.17, 15) is 0 Å². The molecule has 2 aliphatic rings. The normalized spacial score (nSPS) is 26.5. The van der Waals surface area contributed by atoms with Gasteiger partial charge in [-0.1, -0.05) is 25.5 Å². The van der Waals surface area contributed by atoms with Crippen molar-refractivity contribution in [2.24, 2.45) is 0 Å². The van der Waals surface area contributed by atoms with Crippen LogP contribution in [0.2, 0.25) is 0 Å². The molecular formula is C19H27NO2. The summed E-state index contributed by atoms with van der Waals surface area (Å²) in [6, 6.07) is 4.74. The second-order valence-corrected chi connectivity index (χ2v) is 6.31. The smallest absolute Gasteiger partial charge is 0.107 e. The van der Waals surface area contributed by atoms with Crippen LogP contribution in [0.15, 0.2) is 40.5 Å². The fraction of sp³-hybridized carbons (Fsp3) is 0.579. The van der Waals surface area contributed by atoms with E-state index >= 15 is 0 Å². The van der Waals surface area contributed by atoms with E-state index in [0.717, 1.165) is 37.4 Å². The van der Waals surface area contributed by atoms with Crippen LogP contribution < -0.4 is 5.32 Å². The highest BCUT2D eigenvalue weighted by Crippen LogP contribution is 2.24. The van der Waals surface area contributed by atoms with Crippen LogP contribution in [0.1, 0.15) is 50.5 Å². The molecule has 2 unspecified atom stereocenters. The number of epoxide rings is 1. The van der Waals surface area contributed by atoms with Crippen LogP contribution >= 0.6 is 0 Å². The summed E-state index contributed by atoms with van der Waals surface area (Å²) in [6.45, 7) is 3.14. The first kappa shape index (κ1) is 15.4. The van der Waals surface area contributed by atoms with Crippen molar-refractivity contribution in [1.82, 2.24) is 5.32 Å². The van der Waals surface area contributed by atoms with Crippen LogP contribution in [0, 0.1) is 0 Å². The molecule has 0 bridgehead atoms. The third kappa shape index (κ3) is 4.51. The van der Waals surface area contributed by atoms with E-state index in [2.05, 4.69) is 42.6 Å². The average Bonchev–Trinajstić information content (AvgIpc) is 3.30. The zero-order valence-corrected chi connectivity index (χ0v) is 13.5. The van der Waals surface area contributed by atoms with Gasteiger partial charge in [0.25, 0.3) is 0 Å². The molecule has 22 heavy (non-hydrogen) atoms. The molecule has 0 amide bonds. The molecule has 3 nitrogen and oxygen atoms in total. The first-order valence-electron chi connectivity index (χ1n) is 8.66. The highest BCUT2D eigenvalue weighted by atomic mass is 16.6. The van der Waals surface area contributed by atoms with Crippen LogP contribution in [0.25, 0.3) is 0 Å². The molecule has 1 aromatic rings. The van der Waals surface area contributed by atoms with Crippen molar-refractivity contribution in [1.29, 1.82) is 0 Å². The van der Waals surface area contributed by atoms with E-state index in [1.54, 1.807) is 0 Å². The molecule has 1 N–H and O–H groups in total. The lowest BCUT2D eigenvalue weighted by Crippen LogP contribution is -2.36. The van der Waals surface area contributed by atoms with Crippen LogP contribution in [0.3, 0.4) is 0 Å². The van der Waals surface area contributed by atoms with E-state index in [4.69, 9.17) is 9.15 Å². The molecule has 2 atom stereocenters. The molecule has 0 aromatic carbocycles. The second-order valence-electron chi connectivity index (χ2n) is 6.31. The minimum Gasteiger partial charge on any atom is -0.466 e. The molecule has 3 heteroatoms. The Morgan fingerprint density at radius 3 is 3.00 bits per heavy atom. The minimum absolute atomic E-state index is 0.456. The summed E-state index contributed by atoms with van der Waals surface area (Å²) in [7, 11) is 0. The molecule has 0 saturated carbocycles. The first-order valence-corrected chi connectivity index (χ1v) is 8.66. The van der Waals surface area contributed by atoms with E-state index in [1.807, 2.05) is 0 Å². The topological polar surface area (TPSA) is 37.7 Å². The summed E-state index contributed by atoms with van der Waals surface area (Å²) < 4.78 is 11.2. The lowest BCUT2D eigenvalue weighted by molar-refractivity contribution is 0.321. The van der Waals surface area contributed by atoms with Gasteiger partial charge in [-0.15, -0.1) is 0 Å². The Morgan fingerprint density at radius 1 is 1.32 bits per heavy atom. The largest absolute Gasteiger partial charge is 0.466 e.